The van der Waals surface area contributed by atoms with Crippen molar-refractivity contribution in [3.05, 3.63) is 0 Å². The van der Waals surface area contributed by atoms with E-state index in [2.05, 4.69) is 16.7 Å². The van der Waals surface area contributed by atoms with Crippen LogP contribution in [0, 0.1) is 0 Å². The molecule has 0 saturated carbocycles. The average molecular weight is 255 g/mol. The third-order valence-corrected chi connectivity index (χ3v) is 4.23. The Morgan fingerprint density at radius 2 is 2.06 bits per heavy atom. The molecule has 106 valence electrons. The Hall–Kier alpha value is -0.160. The molecule has 0 aromatic heterocycles. The molecule has 2 unspecified atom stereocenters. The molecule has 0 aliphatic carbocycles. The summed E-state index contributed by atoms with van der Waals surface area (Å²) in [6.07, 6.45) is 5.00. The molecular weight excluding hydrogens is 226 g/mol. The maximum atomic E-state index is 6.19. The van der Waals surface area contributed by atoms with Crippen LogP contribution in [-0.4, -0.2) is 67.8 Å². The third kappa shape index (κ3) is 4.19. The van der Waals surface area contributed by atoms with E-state index in [0.717, 1.165) is 38.9 Å². The summed E-state index contributed by atoms with van der Waals surface area (Å²) in [6, 6.07) is 1.11. The first-order chi connectivity index (χ1) is 8.79. The lowest BCUT2D eigenvalue weighted by atomic mass is 10.1. The molecule has 2 N–H and O–H groups in total. The van der Waals surface area contributed by atoms with Gasteiger partial charge in [-0.15, -0.1) is 0 Å². The van der Waals surface area contributed by atoms with Gasteiger partial charge >= 0.3 is 0 Å². The summed E-state index contributed by atoms with van der Waals surface area (Å²) in [5.41, 5.74) is 6.19. The second kappa shape index (κ2) is 7.43. The van der Waals surface area contributed by atoms with Gasteiger partial charge in [0.2, 0.25) is 0 Å². The maximum Gasteiger partial charge on any atom is 0.0594 e. The van der Waals surface area contributed by atoms with Crippen LogP contribution in [0.25, 0.3) is 0 Å². The van der Waals surface area contributed by atoms with Crippen LogP contribution in [0.4, 0.5) is 0 Å². The molecule has 0 radical (unpaired) electrons. The summed E-state index contributed by atoms with van der Waals surface area (Å²) >= 11 is 0. The minimum absolute atomic E-state index is 0.369. The Morgan fingerprint density at radius 1 is 1.28 bits per heavy atom. The smallest absolute Gasteiger partial charge is 0.0594 e. The van der Waals surface area contributed by atoms with Crippen molar-refractivity contribution in [3.8, 4) is 0 Å². The summed E-state index contributed by atoms with van der Waals surface area (Å²) in [5, 5.41) is 0. The van der Waals surface area contributed by atoms with E-state index in [4.69, 9.17) is 10.5 Å². The molecule has 2 aliphatic rings. The minimum atomic E-state index is 0.369. The molecule has 0 aromatic rings. The van der Waals surface area contributed by atoms with Crippen molar-refractivity contribution < 1.29 is 4.74 Å². The highest BCUT2D eigenvalue weighted by atomic mass is 16.5. The zero-order valence-corrected chi connectivity index (χ0v) is 11.8. The summed E-state index contributed by atoms with van der Waals surface area (Å²) in [4.78, 5) is 5.15. The second-order valence-electron chi connectivity index (χ2n) is 5.75. The van der Waals surface area contributed by atoms with Gasteiger partial charge in [-0.3, -0.25) is 4.90 Å². The van der Waals surface area contributed by atoms with Crippen molar-refractivity contribution in [2.24, 2.45) is 5.73 Å². The first-order valence-corrected chi connectivity index (χ1v) is 7.59. The zero-order valence-electron chi connectivity index (χ0n) is 11.8. The van der Waals surface area contributed by atoms with Crippen LogP contribution in [0.1, 0.15) is 32.6 Å². The van der Waals surface area contributed by atoms with Crippen molar-refractivity contribution in [3.63, 3.8) is 0 Å². The molecule has 2 aliphatic heterocycles. The van der Waals surface area contributed by atoms with Crippen molar-refractivity contribution in [2.75, 3.05) is 45.9 Å². The first-order valence-electron chi connectivity index (χ1n) is 7.59. The average Bonchev–Trinajstić information content (AvgIpc) is 2.86. The number of hydrogen-bond acceptors (Lipinski definition) is 4. The van der Waals surface area contributed by atoms with Crippen LogP contribution < -0.4 is 5.73 Å². The van der Waals surface area contributed by atoms with Gasteiger partial charge in [0.25, 0.3) is 0 Å². The molecule has 0 aromatic carbocycles. The normalized spacial score (nSPS) is 28.7. The Balaban J connectivity index is 1.67. The fourth-order valence-corrected chi connectivity index (χ4v) is 3.11. The van der Waals surface area contributed by atoms with Gasteiger partial charge in [-0.2, -0.15) is 0 Å². The number of likely N-dealkylation sites (tertiary alicyclic amines) is 1. The summed E-state index contributed by atoms with van der Waals surface area (Å²) in [7, 11) is 0. The van der Waals surface area contributed by atoms with E-state index in [0.29, 0.717) is 6.04 Å². The predicted molar refractivity (Wildman–Crippen MR) is 74.7 cm³/mol. The quantitative estimate of drug-likeness (QED) is 0.766. The predicted octanol–water partition coefficient (Wildman–Crippen LogP) is 0.910. The van der Waals surface area contributed by atoms with E-state index in [1.807, 2.05) is 0 Å². The Bertz CT molecular complexity index is 231. The highest BCUT2D eigenvalue weighted by Gasteiger charge is 2.29. The number of rotatable bonds is 6. The minimum Gasteiger partial charge on any atom is -0.379 e. The Morgan fingerprint density at radius 3 is 2.78 bits per heavy atom. The van der Waals surface area contributed by atoms with Gasteiger partial charge in [0.15, 0.2) is 0 Å². The molecule has 2 fully saturated rings. The summed E-state index contributed by atoms with van der Waals surface area (Å²) < 4.78 is 5.42. The van der Waals surface area contributed by atoms with E-state index in [1.165, 1.54) is 38.8 Å². The largest absolute Gasteiger partial charge is 0.379 e. The fraction of sp³-hybridized carbons (Fsp3) is 1.00. The monoisotopic (exact) mass is 255 g/mol. The van der Waals surface area contributed by atoms with E-state index in [9.17, 15) is 0 Å². The second-order valence-corrected chi connectivity index (χ2v) is 5.75. The number of ether oxygens (including phenoxy) is 1. The molecule has 2 heterocycles. The van der Waals surface area contributed by atoms with Crippen LogP contribution >= 0.6 is 0 Å². The van der Waals surface area contributed by atoms with Gasteiger partial charge in [0, 0.05) is 38.3 Å². The van der Waals surface area contributed by atoms with Gasteiger partial charge < -0.3 is 15.4 Å². The molecular formula is C14H29N3O. The number of morpholine rings is 1. The van der Waals surface area contributed by atoms with E-state index in [-0.39, 0.29) is 0 Å². The first kappa shape index (κ1) is 14.3. The highest BCUT2D eigenvalue weighted by molar-refractivity contribution is 4.85. The Kier molecular flexibility index (Phi) is 5.89. The summed E-state index contributed by atoms with van der Waals surface area (Å²) in [5.74, 6) is 0. The molecule has 0 amide bonds. The van der Waals surface area contributed by atoms with Crippen LogP contribution in [-0.2, 0) is 4.74 Å². The van der Waals surface area contributed by atoms with Gasteiger partial charge in [-0.1, -0.05) is 19.8 Å². The topological polar surface area (TPSA) is 41.7 Å². The van der Waals surface area contributed by atoms with Gasteiger partial charge in [-0.25, -0.2) is 0 Å². The molecule has 0 spiro atoms. The molecule has 18 heavy (non-hydrogen) atoms. The van der Waals surface area contributed by atoms with Crippen LogP contribution in [0.3, 0.4) is 0 Å². The van der Waals surface area contributed by atoms with E-state index in [1.54, 1.807) is 0 Å². The van der Waals surface area contributed by atoms with Crippen molar-refractivity contribution in [1.82, 2.24) is 9.80 Å². The number of hydrogen-bond donors (Lipinski definition) is 1. The standard InChI is InChI=1S/C14H29N3O/c1-2-3-4-13(15)11-16-6-5-14(12-16)17-7-9-18-10-8-17/h13-14H,2-12,15H2,1H3. The van der Waals surface area contributed by atoms with Crippen LogP contribution in [0.15, 0.2) is 0 Å². The number of nitrogens with two attached hydrogens (primary N) is 1. The zero-order chi connectivity index (χ0) is 12.8. The molecule has 2 saturated heterocycles. The lowest BCUT2D eigenvalue weighted by Gasteiger charge is -2.32. The van der Waals surface area contributed by atoms with Gasteiger partial charge in [0.1, 0.15) is 0 Å². The third-order valence-electron chi connectivity index (χ3n) is 4.23. The Labute approximate surface area is 111 Å². The van der Waals surface area contributed by atoms with Crippen molar-refractivity contribution in [1.29, 1.82) is 0 Å². The van der Waals surface area contributed by atoms with Crippen molar-refractivity contribution >= 4 is 0 Å². The van der Waals surface area contributed by atoms with Crippen LogP contribution in [0.2, 0.25) is 0 Å². The number of unbranched alkanes of at least 4 members (excludes halogenated alkanes) is 1. The SMILES string of the molecule is CCCCC(N)CN1CCC(N2CCOCC2)C1. The lowest BCUT2D eigenvalue weighted by molar-refractivity contribution is 0.0184. The lowest BCUT2D eigenvalue weighted by Crippen LogP contribution is -2.45. The fourth-order valence-electron chi connectivity index (χ4n) is 3.11. The van der Waals surface area contributed by atoms with Gasteiger partial charge in [0.05, 0.1) is 13.2 Å². The van der Waals surface area contributed by atoms with Gasteiger partial charge in [-0.05, 0) is 19.4 Å². The highest BCUT2D eigenvalue weighted by Crippen LogP contribution is 2.17. The number of nitrogens with zero attached hydrogens (tertiary/aromatic N) is 2. The summed E-state index contributed by atoms with van der Waals surface area (Å²) in [6.45, 7) is 9.79. The van der Waals surface area contributed by atoms with E-state index < -0.39 is 0 Å². The van der Waals surface area contributed by atoms with Crippen molar-refractivity contribution in [2.45, 2.75) is 44.7 Å². The van der Waals surface area contributed by atoms with E-state index >= 15 is 0 Å². The maximum absolute atomic E-state index is 6.19. The van der Waals surface area contributed by atoms with Crippen LogP contribution in [0.5, 0.6) is 0 Å². The molecule has 0 bridgehead atoms. The molecule has 4 nitrogen and oxygen atoms in total. The molecule has 4 heteroatoms. The molecule has 2 rings (SSSR count). The molecule has 2 atom stereocenters.